The number of nitrogens with two attached hydrogens (primary N) is 1. The molecule has 2 heterocycles. The van der Waals surface area contributed by atoms with Crippen LogP contribution in [0.2, 0.25) is 0 Å². The Balaban J connectivity index is 2.21. The molecule has 2 rings (SSSR count). The van der Waals surface area contributed by atoms with E-state index in [2.05, 4.69) is 4.98 Å². The van der Waals surface area contributed by atoms with E-state index in [0.717, 1.165) is 30.8 Å². The minimum Gasteiger partial charge on any atom is -0.492 e. The number of hydrogen-bond donors (Lipinski definition) is 1. The van der Waals surface area contributed by atoms with E-state index >= 15 is 0 Å². The number of rotatable bonds is 3. The fourth-order valence-corrected chi connectivity index (χ4v) is 1.98. The molecule has 1 aromatic heterocycles. The van der Waals surface area contributed by atoms with Crippen LogP contribution in [0.3, 0.4) is 0 Å². The van der Waals surface area contributed by atoms with Gasteiger partial charge in [0.05, 0.1) is 24.9 Å². The lowest BCUT2D eigenvalue weighted by Crippen LogP contribution is -2.44. The number of pyridine rings is 1. The Kier molecular flexibility index (Phi) is 3.41. The maximum atomic E-state index is 6.32. The predicted molar refractivity (Wildman–Crippen MR) is 61.3 cm³/mol. The van der Waals surface area contributed by atoms with Crippen LogP contribution in [0.15, 0.2) is 18.5 Å². The second-order valence-electron chi connectivity index (χ2n) is 4.15. The van der Waals surface area contributed by atoms with Gasteiger partial charge in [-0.3, -0.25) is 4.98 Å². The van der Waals surface area contributed by atoms with Crippen LogP contribution in [0.5, 0.6) is 5.75 Å². The molecule has 1 atom stereocenters. The van der Waals surface area contributed by atoms with Crippen LogP contribution in [0, 0.1) is 0 Å². The minimum atomic E-state index is -0.404. The van der Waals surface area contributed by atoms with Crippen molar-refractivity contribution in [3.05, 3.63) is 24.0 Å². The molecular formula is C12H18N2O2. The van der Waals surface area contributed by atoms with Gasteiger partial charge in [-0.25, -0.2) is 0 Å². The van der Waals surface area contributed by atoms with Gasteiger partial charge in [0, 0.05) is 12.8 Å². The lowest BCUT2D eigenvalue weighted by Gasteiger charge is -2.33. The molecule has 4 heteroatoms. The lowest BCUT2D eigenvalue weighted by molar-refractivity contribution is 0.0364. The quantitative estimate of drug-likeness (QED) is 0.840. The van der Waals surface area contributed by atoms with E-state index in [-0.39, 0.29) is 0 Å². The zero-order valence-electron chi connectivity index (χ0n) is 9.61. The van der Waals surface area contributed by atoms with Gasteiger partial charge in [0.15, 0.2) is 0 Å². The van der Waals surface area contributed by atoms with Crippen LogP contribution in [0.1, 0.15) is 25.3 Å². The Bertz CT molecular complexity index is 349. The third-order valence-electron chi connectivity index (χ3n) is 2.87. The highest BCUT2D eigenvalue weighted by molar-refractivity contribution is 5.29. The second-order valence-corrected chi connectivity index (χ2v) is 4.15. The van der Waals surface area contributed by atoms with E-state index < -0.39 is 5.54 Å². The Labute approximate surface area is 95.8 Å². The average Bonchev–Trinajstić information content (AvgIpc) is 2.31. The Hall–Kier alpha value is -1.13. The summed E-state index contributed by atoms with van der Waals surface area (Å²) in [7, 11) is 0. The summed E-state index contributed by atoms with van der Waals surface area (Å²) in [6, 6.07) is 1.96. The smallest absolute Gasteiger partial charge is 0.137 e. The van der Waals surface area contributed by atoms with Gasteiger partial charge in [-0.1, -0.05) is 0 Å². The average molecular weight is 222 g/mol. The number of hydrogen-bond acceptors (Lipinski definition) is 4. The zero-order valence-corrected chi connectivity index (χ0v) is 9.61. The molecule has 1 aromatic rings. The van der Waals surface area contributed by atoms with Crippen molar-refractivity contribution in [2.24, 2.45) is 5.73 Å². The minimum absolute atomic E-state index is 0.404. The summed E-state index contributed by atoms with van der Waals surface area (Å²) in [4.78, 5) is 4.16. The molecule has 1 aliphatic rings. The summed E-state index contributed by atoms with van der Waals surface area (Å²) in [5.74, 6) is 0.774. The Morgan fingerprint density at radius 2 is 2.44 bits per heavy atom. The van der Waals surface area contributed by atoms with Crippen molar-refractivity contribution in [3.8, 4) is 5.75 Å². The Morgan fingerprint density at radius 3 is 3.12 bits per heavy atom. The molecule has 4 nitrogen and oxygen atoms in total. The number of nitrogens with zero attached hydrogens (tertiary/aromatic N) is 1. The second kappa shape index (κ2) is 4.80. The van der Waals surface area contributed by atoms with E-state index in [0.29, 0.717) is 13.2 Å². The zero-order chi connectivity index (χ0) is 11.4. The summed E-state index contributed by atoms with van der Waals surface area (Å²) in [5, 5.41) is 0. The first-order valence-electron chi connectivity index (χ1n) is 5.69. The SMILES string of the molecule is CCOc1cncc(C2(N)CCCOC2)c1. The van der Waals surface area contributed by atoms with Crippen molar-refractivity contribution in [1.82, 2.24) is 4.98 Å². The van der Waals surface area contributed by atoms with E-state index in [1.165, 1.54) is 0 Å². The van der Waals surface area contributed by atoms with Gasteiger partial charge in [0.25, 0.3) is 0 Å². The highest BCUT2D eigenvalue weighted by Crippen LogP contribution is 2.29. The molecule has 0 amide bonds. The summed E-state index contributed by atoms with van der Waals surface area (Å²) >= 11 is 0. The molecule has 1 saturated heterocycles. The van der Waals surface area contributed by atoms with Gasteiger partial charge in [0.2, 0.25) is 0 Å². The third-order valence-corrected chi connectivity index (χ3v) is 2.87. The molecule has 1 fully saturated rings. The molecule has 16 heavy (non-hydrogen) atoms. The standard InChI is InChI=1S/C12H18N2O2/c1-2-16-11-6-10(7-14-8-11)12(13)4-3-5-15-9-12/h6-8H,2-5,9,13H2,1H3. The molecule has 1 unspecified atom stereocenters. The van der Waals surface area contributed by atoms with Gasteiger partial charge in [-0.05, 0) is 31.4 Å². The Morgan fingerprint density at radius 1 is 1.56 bits per heavy atom. The van der Waals surface area contributed by atoms with E-state index in [4.69, 9.17) is 15.2 Å². The molecular weight excluding hydrogens is 204 g/mol. The summed E-state index contributed by atoms with van der Waals surface area (Å²) < 4.78 is 10.9. The predicted octanol–water partition coefficient (Wildman–Crippen LogP) is 1.44. The highest BCUT2D eigenvalue weighted by Gasteiger charge is 2.30. The van der Waals surface area contributed by atoms with Crippen molar-refractivity contribution in [3.63, 3.8) is 0 Å². The van der Waals surface area contributed by atoms with Crippen molar-refractivity contribution < 1.29 is 9.47 Å². The van der Waals surface area contributed by atoms with Gasteiger partial charge in [-0.2, -0.15) is 0 Å². The fraction of sp³-hybridized carbons (Fsp3) is 0.583. The monoisotopic (exact) mass is 222 g/mol. The van der Waals surface area contributed by atoms with Gasteiger partial charge >= 0.3 is 0 Å². The largest absolute Gasteiger partial charge is 0.492 e. The van der Waals surface area contributed by atoms with Crippen LogP contribution < -0.4 is 10.5 Å². The first-order chi connectivity index (χ1) is 7.74. The van der Waals surface area contributed by atoms with Crippen molar-refractivity contribution in [1.29, 1.82) is 0 Å². The molecule has 0 saturated carbocycles. The number of ether oxygens (including phenoxy) is 2. The van der Waals surface area contributed by atoms with Crippen molar-refractivity contribution in [2.75, 3.05) is 19.8 Å². The summed E-state index contributed by atoms with van der Waals surface area (Å²) in [5.41, 5.74) is 6.92. The van der Waals surface area contributed by atoms with Crippen molar-refractivity contribution in [2.45, 2.75) is 25.3 Å². The molecule has 0 radical (unpaired) electrons. The third kappa shape index (κ3) is 2.33. The first kappa shape index (κ1) is 11.4. The maximum absolute atomic E-state index is 6.32. The lowest BCUT2D eigenvalue weighted by atomic mass is 9.87. The first-order valence-corrected chi connectivity index (χ1v) is 5.69. The van der Waals surface area contributed by atoms with E-state index in [9.17, 15) is 0 Å². The van der Waals surface area contributed by atoms with Crippen LogP contribution >= 0.6 is 0 Å². The van der Waals surface area contributed by atoms with Crippen LogP contribution in [-0.2, 0) is 10.3 Å². The molecule has 0 spiro atoms. The van der Waals surface area contributed by atoms with E-state index in [1.54, 1.807) is 12.4 Å². The van der Waals surface area contributed by atoms with Crippen LogP contribution in [0.4, 0.5) is 0 Å². The molecule has 1 aliphatic heterocycles. The normalized spacial score (nSPS) is 25.4. The van der Waals surface area contributed by atoms with E-state index in [1.807, 2.05) is 13.0 Å². The van der Waals surface area contributed by atoms with Gasteiger partial charge in [0.1, 0.15) is 5.75 Å². The molecule has 0 aliphatic carbocycles. The molecule has 2 N–H and O–H groups in total. The fourth-order valence-electron chi connectivity index (χ4n) is 1.98. The molecule has 0 aromatic carbocycles. The number of aromatic nitrogens is 1. The van der Waals surface area contributed by atoms with Gasteiger partial charge in [-0.15, -0.1) is 0 Å². The van der Waals surface area contributed by atoms with Crippen LogP contribution in [-0.4, -0.2) is 24.8 Å². The topological polar surface area (TPSA) is 57.4 Å². The summed E-state index contributed by atoms with van der Waals surface area (Å²) in [6.45, 7) is 3.95. The molecule has 0 bridgehead atoms. The maximum Gasteiger partial charge on any atom is 0.137 e. The summed E-state index contributed by atoms with van der Waals surface area (Å²) in [6.07, 6.45) is 5.44. The van der Waals surface area contributed by atoms with Crippen LogP contribution in [0.25, 0.3) is 0 Å². The highest BCUT2D eigenvalue weighted by atomic mass is 16.5. The van der Waals surface area contributed by atoms with Crippen molar-refractivity contribution >= 4 is 0 Å². The molecule has 88 valence electrons. The van der Waals surface area contributed by atoms with Gasteiger partial charge < -0.3 is 15.2 Å².